The normalized spacial score (nSPS) is 16.4. The monoisotopic (exact) mass is 459 g/mol. The van der Waals surface area contributed by atoms with Gasteiger partial charge in [-0.1, -0.05) is 23.2 Å². The van der Waals surface area contributed by atoms with Gasteiger partial charge in [-0.25, -0.2) is 4.98 Å². The van der Waals surface area contributed by atoms with Crippen molar-refractivity contribution in [1.29, 1.82) is 0 Å². The number of ether oxygens (including phenoxy) is 1. The number of aromatic nitrogens is 1. The van der Waals surface area contributed by atoms with Crippen molar-refractivity contribution in [1.82, 2.24) is 4.98 Å². The molecule has 0 fully saturated rings. The number of hydrogen-bond acceptors (Lipinski definition) is 7. The van der Waals surface area contributed by atoms with Crippen LogP contribution in [0.4, 0.5) is 10.8 Å². The maximum absolute atomic E-state index is 12.9. The third-order valence-corrected chi connectivity index (χ3v) is 5.72. The van der Waals surface area contributed by atoms with Gasteiger partial charge in [-0.3, -0.25) is 4.79 Å². The third-order valence-electron chi connectivity index (χ3n) is 4.34. The Morgan fingerprint density at radius 2 is 1.93 bits per heavy atom. The number of anilines is 1. The number of carbonyl (C=O) groups is 1. The van der Waals surface area contributed by atoms with Gasteiger partial charge in [-0.15, -0.1) is 11.3 Å². The van der Waals surface area contributed by atoms with Crippen LogP contribution in [0.3, 0.4) is 0 Å². The van der Waals surface area contributed by atoms with Crippen LogP contribution in [-0.2, 0) is 4.79 Å². The number of hydrazone groups is 1. The fourth-order valence-corrected chi connectivity index (χ4v) is 3.87. The van der Waals surface area contributed by atoms with E-state index in [1.807, 2.05) is 29.6 Å². The SMILES string of the molecule is COc1ccc(-c2csc(N3N=C(C)[C@H](N=Nc4cc(Cl)ccc4Cl)C3=O)n2)cc1. The number of rotatable bonds is 5. The number of halogens is 2. The molecule has 0 spiro atoms. The molecule has 10 heteroatoms. The Bertz CT molecular complexity index is 1160. The van der Waals surface area contributed by atoms with Crippen molar-refractivity contribution in [3.63, 3.8) is 0 Å². The second-order valence-corrected chi connectivity index (χ2v) is 8.03. The Labute approximate surface area is 186 Å². The van der Waals surface area contributed by atoms with Gasteiger partial charge in [0.1, 0.15) is 11.4 Å². The zero-order chi connectivity index (χ0) is 21.3. The number of thiazole rings is 1. The van der Waals surface area contributed by atoms with Gasteiger partial charge in [0.25, 0.3) is 5.91 Å². The molecule has 0 saturated carbocycles. The van der Waals surface area contributed by atoms with Crippen LogP contribution in [-0.4, -0.2) is 29.8 Å². The molecule has 2 heterocycles. The fraction of sp³-hybridized carbons (Fsp3) is 0.150. The van der Waals surface area contributed by atoms with Gasteiger partial charge < -0.3 is 4.74 Å². The van der Waals surface area contributed by atoms with Crippen molar-refractivity contribution >= 4 is 57.0 Å². The number of methoxy groups -OCH3 is 1. The molecule has 7 nitrogen and oxygen atoms in total. The van der Waals surface area contributed by atoms with E-state index >= 15 is 0 Å². The minimum absolute atomic E-state index is 0.329. The first kappa shape index (κ1) is 20.5. The summed E-state index contributed by atoms with van der Waals surface area (Å²) >= 11 is 13.4. The van der Waals surface area contributed by atoms with E-state index in [1.54, 1.807) is 32.2 Å². The lowest BCUT2D eigenvalue weighted by Gasteiger charge is -2.08. The van der Waals surface area contributed by atoms with Crippen molar-refractivity contribution < 1.29 is 9.53 Å². The summed E-state index contributed by atoms with van der Waals surface area (Å²) in [5.74, 6) is 0.433. The molecule has 3 aromatic rings. The summed E-state index contributed by atoms with van der Waals surface area (Å²) in [6, 6.07) is 11.5. The Hall–Kier alpha value is -2.81. The average Bonchev–Trinajstić information content (AvgIpc) is 3.34. The molecule has 0 saturated heterocycles. The first-order valence-corrected chi connectivity index (χ1v) is 10.4. The number of hydrogen-bond donors (Lipinski definition) is 0. The van der Waals surface area contributed by atoms with E-state index in [-0.39, 0.29) is 5.91 Å². The van der Waals surface area contributed by atoms with Crippen LogP contribution in [0.1, 0.15) is 6.92 Å². The molecule has 0 bridgehead atoms. The summed E-state index contributed by atoms with van der Waals surface area (Å²) in [5, 5.41) is 17.0. The molecule has 0 N–H and O–H groups in total. The van der Waals surface area contributed by atoms with Gasteiger partial charge in [0.2, 0.25) is 5.13 Å². The minimum Gasteiger partial charge on any atom is -0.497 e. The van der Waals surface area contributed by atoms with Crippen molar-refractivity contribution in [3.05, 3.63) is 57.9 Å². The molecule has 0 aliphatic carbocycles. The first-order valence-electron chi connectivity index (χ1n) is 8.81. The zero-order valence-electron chi connectivity index (χ0n) is 15.9. The molecule has 2 aromatic carbocycles. The Balaban J connectivity index is 1.54. The zero-order valence-corrected chi connectivity index (χ0v) is 18.2. The largest absolute Gasteiger partial charge is 0.497 e. The van der Waals surface area contributed by atoms with Crippen LogP contribution in [0.5, 0.6) is 5.75 Å². The summed E-state index contributed by atoms with van der Waals surface area (Å²) in [7, 11) is 1.61. The third kappa shape index (κ3) is 4.07. The fourth-order valence-electron chi connectivity index (χ4n) is 2.76. The van der Waals surface area contributed by atoms with Crippen LogP contribution >= 0.6 is 34.5 Å². The number of azo groups is 1. The maximum atomic E-state index is 12.9. The van der Waals surface area contributed by atoms with E-state index in [2.05, 4.69) is 20.3 Å². The van der Waals surface area contributed by atoms with Gasteiger partial charge >= 0.3 is 0 Å². The minimum atomic E-state index is -0.839. The highest BCUT2D eigenvalue weighted by Crippen LogP contribution is 2.32. The summed E-state index contributed by atoms with van der Waals surface area (Å²) in [4.78, 5) is 17.4. The van der Waals surface area contributed by atoms with Gasteiger partial charge in [-0.2, -0.15) is 20.3 Å². The molecule has 1 amide bonds. The van der Waals surface area contributed by atoms with Crippen molar-refractivity contribution in [2.75, 3.05) is 12.1 Å². The van der Waals surface area contributed by atoms with E-state index in [0.717, 1.165) is 17.0 Å². The molecule has 0 unspecified atom stereocenters. The van der Waals surface area contributed by atoms with Crippen molar-refractivity contribution in [2.45, 2.75) is 13.0 Å². The van der Waals surface area contributed by atoms with Crippen LogP contribution < -0.4 is 9.75 Å². The number of amides is 1. The van der Waals surface area contributed by atoms with Gasteiger partial charge in [-0.05, 0) is 49.4 Å². The van der Waals surface area contributed by atoms with Crippen LogP contribution in [0.2, 0.25) is 10.0 Å². The lowest BCUT2D eigenvalue weighted by Crippen LogP contribution is -2.29. The molecule has 1 aromatic heterocycles. The second kappa shape index (κ2) is 8.51. The highest BCUT2D eigenvalue weighted by molar-refractivity contribution is 7.14. The smallest absolute Gasteiger partial charge is 0.282 e. The topological polar surface area (TPSA) is 79.5 Å². The first-order chi connectivity index (χ1) is 14.5. The molecule has 1 aliphatic rings. The lowest BCUT2D eigenvalue weighted by molar-refractivity contribution is -0.117. The van der Waals surface area contributed by atoms with E-state index in [0.29, 0.717) is 26.6 Å². The van der Waals surface area contributed by atoms with E-state index in [1.165, 1.54) is 16.3 Å². The Morgan fingerprint density at radius 3 is 2.67 bits per heavy atom. The number of carbonyl (C=O) groups excluding carboxylic acids is 1. The maximum Gasteiger partial charge on any atom is 0.282 e. The molecular formula is C20H15Cl2N5O2S. The summed E-state index contributed by atoms with van der Waals surface area (Å²) < 4.78 is 5.17. The quantitative estimate of drug-likeness (QED) is 0.438. The average molecular weight is 460 g/mol. The van der Waals surface area contributed by atoms with E-state index in [4.69, 9.17) is 27.9 Å². The van der Waals surface area contributed by atoms with E-state index < -0.39 is 6.04 Å². The summed E-state index contributed by atoms with van der Waals surface area (Å²) in [6.07, 6.45) is 0. The number of nitrogens with zero attached hydrogens (tertiary/aromatic N) is 5. The van der Waals surface area contributed by atoms with Crippen molar-refractivity contribution in [3.8, 4) is 17.0 Å². The van der Waals surface area contributed by atoms with E-state index in [9.17, 15) is 4.79 Å². The van der Waals surface area contributed by atoms with Gasteiger partial charge in [0.05, 0.1) is 23.5 Å². The number of benzene rings is 2. The van der Waals surface area contributed by atoms with Gasteiger partial charge in [0, 0.05) is 16.0 Å². The molecule has 0 radical (unpaired) electrons. The standard InChI is InChI=1S/C20H15Cl2N5O2S/c1-11-18(25-24-16-9-13(21)5-8-15(16)22)19(28)27(26-11)20-23-17(10-30-20)12-3-6-14(29-2)7-4-12/h3-10,18H,1-2H3/t18-/m0/s1. The summed E-state index contributed by atoms with van der Waals surface area (Å²) in [5.41, 5.74) is 2.56. The predicted octanol–water partition coefficient (Wildman–Crippen LogP) is 6.00. The molecular weight excluding hydrogens is 445 g/mol. The Morgan fingerprint density at radius 1 is 1.17 bits per heavy atom. The molecule has 1 aliphatic heterocycles. The van der Waals surface area contributed by atoms with Gasteiger partial charge in [0.15, 0.2) is 6.04 Å². The molecule has 1 atom stereocenters. The highest BCUT2D eigenvalue weighted by Gasteiger charge is 2.36. The predicted molar refractivity (Wildman–Crippen MR) is 119 cm³/mol. The van der Waals surface area contributed by atoms with Crippen molar-refractivity contribution in [2.24, 2.45) is 15.3 Å². The lowest BCUT2D eigenvalue weighted by atomic mass is 10.2. The van der Waals surface area contributed by atoms with Crippen LogP contribution in [0.25, 0.3) is 11.3 Å². The molecule has 152 valence electrons. The Kier molecular flexibility index (Phi) is 5.80. The molecule has 4 rings (SSSR count). The van der Waals surface area contributed by atoms with Crippen LogP contribution in [0, 0.1) is 0 Å². The van der Waals surface area contributed by atoms with Crippen LogP contribution in [0.15, 0.2) is 63.2 Å². The highest BCUT2D eigenvalue weighted by atomic mass is 35.5. The molecule has 30 heavy (non-hydrogen) atoms. The second-order valence-electron chi connectivity index (χ2n) is 6.35. The summed E-state index contributed by atoms with van der Waals surface area (Å²) in [6.45, 7) is 1.72.